The number of aromatic nitrogens is 3. The van der Waals surface area contributed by atoms with Gasteiger partial charge in [-0.15, -0.1) is 5.10 Å². The summed E-state index contributed by atoms with van der Waals surface area (Å²) in [5.74, 6) is 0.953. The Morgan fingerprint density at radius 1 is 1.11 bits per heavy atom. The fourth-order valence-corrected chi connectivity index (χ4v) is 2.94. The predicted octanol–water partition coefficient (Wildman–Crippen LogP) is 4.91. The summed E-state index contributed by atoms with van der Waals surface area (Å²) >= 11 is 3.43. The molecule has 0 aliphatic heterocycles. The van der Waals surface area contributed by atoms with Gasteiger partial charge in [0.15, 0.2) is 5.76 Å². The molecule has 0 unspecified atom stereocenters. The molecule has 0 bridgehead atoms. The zero-order chi connectivity index (χ0) is 19.5. The number of halogens is 1. The maximum atomic E-state index is 13.0. The number of rotatable bonds is 5. The van der Waals surface area contributed by atoms with Gasteiger partial charge < -0.3 is 9.73 Å². The van der Waals surface area contributed by atoms with Crippen molar-refractivity contribution in [1.29, 1.82) is 0 Å². The number of anilines is 1. The van der Waals surface area contributed by atoms with E-state index in [0.717, 1.165) is 15.6 Å². The minimum atomic E-state index is -0.261. The highest BCUT2D eigenvalue weighted by molar-refractivity contribution is 9.10. The average Bonchev–Trinajstić information content (AvgIpc) is 3.37. The molecule has 0 spiro atoms. The Morgan fingerprint density at radius 2 is 1.86 bits per heavy atom. The van der Waals surface area contributed by atoms with E-state index >= 15 is 0 Å². The lowest BCUT2D eigenvalue weighted by Gasteiger charge is -2.08. The summed E-state index contributed by atoms with van der Waals surface area (Å²) in [4.78, 5) is 17.5. The van der Waals surface area contributed by atoms with Gasteiger partial charge in [0.2, 0.25) is 11.8 Å². The molecule has 2 aromatic carbocycles. The number of nitrogens with one attached hydrogen (secondary N) is 1. The lowest BCUT2D eigenvalue weighted by Crippen LogP contribution is -2.17. The number of hydrogen-bond donors (Lipinski definition) is 1. The van der Waals surface area contributed by atoms with Crippen LogP contribution in [-0.2, 0) is 6.54 Å². The standard InChI is InChI=1S/C21H17BrN4O2/c1-14-4-8-16(9-5-14)20(27)26-21(23-13-15-6-10-17(22)11-7-15)24-19(25-26)18-3-2-12-28-18/h2-12H,13H2,1H3,(H,23,24,25). The van der Waals surface area contributed by atoms with Gasteiger partial charge in [0, 0.05) is 16.6 Å². The lowest BCUT2D eigenvalue weighted by molar-refractivity contribution is 0.0947. The van der Waals surface area contributed by atoms with Crippen LogP contribution in [0.25, 0.3) is 11.6 Å². The van der Waals surface area contributed by atoms with Crippen LogP contribution in [0.3, 0.4) is 0 Å². The fraction of sp³-hybridized carbons (Fsp3) is 0.0952. The van der Waals surface area contributed by atoms with E-state index in [1.54, 1.807) is 30.5 Å². The van der Waals surface area contributed by atoms with Crippen LogP contribution in [0.4, 0.5) is 5.95 Å². The van der Waals surface area contributed by atoms with Crippen LogP contribution < -0.4 is 5.32 Å². The highest BCUT2D eigenvalue weighted by Gasteiger charge is 2.19. The number of nitrogens with zero attached hydrogens (tertiary/aromatic N) is 3. The van der Waals surface area contributed by atoms with Crippen molar-refractivity contribution in [3.8, 4) is 11.6 Å². The van der Waals surface area contributed by atoms with Crippen molar-refractivity contribution in [2.45, 2.75) is 13.5 Å². The molecule has 140 valence electrons. The smallest absolute Gasteiger partial charge is 0.281 e. The molecule has 0 fully saturated rings. The van der Waals surface area contributed by atoms with Gasteiger partial charge in [-0.25, -0.2) is 0 Å². The maximum Gasteiger partial charge on any atom is 0.281 e. The molecule has 2 aromatic heterocycles. The molecule has 0 saturated carbocycles. The van der Waals surface area contributed by atoms with Crippen molar-refractivity contribution in [1.82, 2.24) is 14.8 Å². The number of aryl methyl sites for hydroxylation is 1. The van der Waals surface area contributed by atoms with Crippen LogP contribution >= 0.6 is 15.9 Å². The van der Waals surface area contributed by atoms with E-state index in [2.05, 4.69) is 31.3 Å². The van der Waals surface area contributed by atoms with Gasteiger partial charge in [-0.05, 0) is 48.9 Å². The number of carbonyl (C=O) groups is 1. The van der Waals surface area contributed by atoms with Gasteiger partial charge in [0.05, 0.1) is 6.26 Å². The van der Waals surface area contributed by atoms with Gasteiger partial charge in [-0.3, -0.25) is 4.79 Å². The molecule has 0 saturated heterocycles. The van der Waals surface area contributed by atoms with Crippen LogP contribution in [0.1, 0.15) is 21.5 Å². The van der Waals surface area contributed by atoms with Crippen LogP contribution in [0.15, 0.2) is 75.8 Å². The largest absolute Gasteiger partial charge is 0.461 e. The van der Waals surface area contributed by atoms with E-state index in [9.17, 15) is 4.79 Å². The molecule has 6 nitrogen and oxygen atoms in total. The molecule has 7 heteroatoms. The Labute approximate surface area is 170 Å². The summed E-state index contributed by atoms with van der Waals surface area (Å²) in [6, 6.07) is 18.8. The normalized spacial score (nSPS) is 10.8. The first-order valence-corrected chi connectivity index (χ1v) is 9.50. The van der Waals surface area contributed by atoms with Gasteiger partial charge in [-0.2, -0.15) is 9.67 Å². The van der Waals surface area contributed by atoms with E-state index in [1.165, 1.54) is 4.68 Å². The number of hydrogen-bond acceptors (Lipinski definition) is 5. The summed E-state index contributed by atoms with van der Waals surface area (Å²) in [6.45, 7) is 2.48. The Morgan fingerprint density at radius 3 is 2.54 bits per heavy atom. The molecular weight excluding hydrogens is 420 g/mol. The Kier molecular flexibility index (Phi) is 5.08. The quantitative estimate of drug-likeness (QED) is 0.481. The topological polar surface area (TPSA) is 73.0 Å². The van der Waals surface area contributed by atoms with Crippen molar-refractivity contribution in [3.05, 3.63) is 88.1 Å². The third-order valence-corrected chi connectivity index (χ3v) is 4.73. The molecule has 0 amide bonds. The minimum Gasteiger partial charge on any atom is -0.461 e. The average molecular weight is 437 g/mol. The summed E-state index contributed by atoms with van der Waals surface area (Å²) < 4.78 is 7.67. The Balaban J connectivity index is 1.66. The van der Waals surface area contributed by atoms with E-state index in [0.29, 0.717) is 29.6 Å². The van der Waals surface area contributed by atoms with Crippen LogP contribution in [0, 0.1) is 6.92 Å². The van der Waals surface area contributed by atoms with Crippen molar-refractivity contribution in [2.24, 2.45) is 0 Å². The molecule has 0 aliphatic carbocycles. The van der Waals surface area contributed by atoms with E-state index in [1.807, 2.05) is 43.3 Å². The van der Waals surface area contributed by atoms with Gasteiger partial charge >= 0.3 is 0 Å². The summed E-state index contributed by atoms with van der Waals surface area (Å²) in [5, 5.41) is 7.58. The second-order valence-electron chi connectivity index (χ2n) is 6.30. The number of furan rings is 1. The first-order chi connectivity index (χ1) is 13.6. The highest BCUT2D eigenvalue weighted by atomic mass is 79.9. The van der Waals surface area contributed by atoms with E-state index < -0.39 is 0 Å². The van der Waals surface area contributed by atoms with Gasteiger partial charge in [-0.1, -0.05) is 45.8 Å². The molecule has 1 N–H and O–H groups in total. The van der Waals surface area contributed by atoms with Crippen LogP contribution in [-0.4, -0.2) is 20.7 Å². The highest BCUT2D eigenvalue weighted by Crippen LogP contribution is 2.20. The van der Waals surface area contributed by atoms with Gasteiger partial charge in [0.25, 0.3) is 5.91 Å². The molecule has 2 heterocycles. The summed E-state index contributed by atoms with van der Waals surface area (Å²) in [6.07, 6.45) is 1.55. The second-order valence-corrected chi connectivity index (χ2v) is 7.21. The monoisotopic (exact) mass is 436 g/mol. The SMILES string of the molecule is Cc1ccc(C(=O)n2nc(-c3ccco3)nc2NCc2ccc(Br)cc2)cc1. The summed E-state index contributed by atoms with van der Waals surface area (Å²) in [5.41, 5.74) is 2.67. The van der Waals surface area contributed by atoms with E-state index in [4.69, 9.17) is 4.42 Å². The molecule has 0 aliphatic rings. The fourth-order valence-electron chi connectivity index (χ4n) is 2.68. The summed E-state index contributed by atoms with van der Waals surface area (Å²) in [7, 11) is 0. The Bertz CT molecular complexity index is 1080. The third-order valence-electron chi connectivity index (χ3n) is 4.20. The van der Waals surface area contributed by atoms with Crippen molar-refractivity contribution in [2.75, 3.05) is 5.32 Å². The molecular formula is C21H17BrN4O2. The van der Waals surface area contributed by atoms with Crippen LogP contribution in [0.2, 0.25) is 0 Å². The first-order valence-electron chi connectivity index (χ1n) is 8.71. The molecule has 0 atom stereocenters. The third kappa shape index (κ3) is 3.89. The molecule has 28 heavy (non-hydrogen) atoms. The lowest BCUT2D eigenvalue weighted by atomic mass is 10.1. The number of carbonyl (C=O) groups excluding carboxylic acids is 1. The maximum absolute atomic E-state index is 13.0. The van der Waals surface area contributed by atoms with Crippen molar-refractivity contribution >= 4 is 27.8 Å². The van der Waals surface area contributed by atoms with Crippen molar-refractivity contribution < 1.29 is 9.21 Å². The zero-order valence-corrected chi connectivity index (χ0v) is 16.7. The first kappa shape index (κ1) is 18.2. The Hall–Kier alpha value is -3.19. The molecule has 4 aromatic rings. The molecule has 4 rings (SSSR count). The van der Waals surface area contributed by atoms with Crippen molar-refractivity contribution in [3.63, 3.8) is 0 Å². The molecule has 0 radical (unpaired) electrons. The zero-order valence-electron chi connectivity index (χ0n) is 15.1. The number of benzene rings is 2. The van der Waals surface area contributed by atoms with E-state index in [-0.39, 0.29) is 5.91 Å². The van der Waals surface area contributed by atoms with Crippen LogP contribution in [0.5, 0.6) is 0 Å². The minimum absolute atomic E-state index is 0.261. The second kappa shape index (κ2) is 7.82. The predicted molar refractivity (Wildman–Crippen MR) is 110 cm³/mol. The van der Waals surface area contributed by atoms with Gasteiger partial charge in [0.1, 0.15) is 0 Å².